The lowest BCUT2D eigenvalue weighted by Crippen LogP contribution is -2.45. The lowest BCUT2D eigenvalue weighted by Gasteiger charge is -2.29. The molecule has 1 aliphatic rings. The fraction of sp³-hybridized carbons (Fsp3) is 0.455. The van der Waals surface area contributed by atoms with Gasteiger partial charge in [0, 0.05) is 19.1 Å². The molecule has 2 N–H and O–H groups in total. The van der Waals surface area contributed by atoms with E-state index in [0.29, 0.717) is 18.1 Å². The van der Waals surface area contributed by atoms with E-state index in [1.807, 2.05) is 0 Å². The Kier molecular flexibility index (Phi) is 4.18. The van der Waals surface area contributed by atoms with Crippen LogP contribution in [-0.4, -0.2) is 31.9 Å². The molecule has 4 nitrogen and oxygen atoms in total. The average molecular weight is 309 g/mol. The summed E-state index contributed by atoms with van der Waals surface area (Å²) in [5.41, 5.74) is 5.80. The Morgan fingerprint density at radius 3 is 2.61 bits per heavy atom. The van der Waals surface area contributed by atoms with Crippen LogP contribution in [0.4, 0.5) is 0 Å². The number of benzene rings is 1. The van der Waals surface area contributed by atoms with Crippen LogP contribution in [-0.2, 0) is 10.0 Å². The van der Waals surface area contributed by atoms with Gasteiger partial charge in [-0.2, -0.15) is 4.31 Å². The molecule has 0 aromatic heterocycles. The summed E-state index contributed by atoms with van der Waals surface area (Å²) in [4.78, 5) is 0.158. The minimum absolute atomic E-state index is 0.101. The van der Waals surface area contributed by atoms with Crippen molar-refractivity contribution in [1.29, 1.82) is 0 Å². The van der Waals surface area contributed by atoms with Gasteiger partial charge in [-0.15, -0.1) is 0 Å². The molecule has 1 heterocycles. The Labute approximate surface area is 117 Å². The van der Waals surface area contributed by atoms with Gasteiger partial charge in [-0.3, -0.25) is 0 Å². The number of nitrogens with two attached hydrogens (primary N) is 1. The van der Waals surface area contributed by atoms with E-state index in [1.165, 1.54) is 22.5 Å². The molecule has 1 aromatic rings. The van der Waals surface area contributed by atoms with Crippen molar-refractivity contribution in [1.82, 2.24) is 4.31 Å². The second-order valence-corrected chi connectivity index (χ2v) is 7.09. The molecule has 0 unspecified atom stereocenters. The lowest BCUT2D eigenvalue weighted by atomic mass is 10.1. The largest absolute Gasteiger partial charge is 0.327 e. The SMILES string of the molecule is N[C@@H]1CCCN(S(=O)(=O)c2ccc(Cl)c(Cl)c2)C1. The van der Waals surface area contributed by atoms with Crippen molar-refractivity contribution < 1.29 is 8.42 Å². The number of piperidine rings is 1. The molecule has 0 saturated carbocycles. The van der Waals surface area contributed by atoms with E-state index >= 15 is 0 Å². The second-order valence-electron chi connectivity index (χ2n) is 4.34. The molecule has 0 radical (unpaired) electrons. The van der Waals surface area contributed by atoms with Gasteiger partial charge in [-0.05, 0) is 31.0 Å². The quantitative estimate of drug-likeness (QED) is 0.910. The van der Waals surface area contributed by atoms with Crippen LogP contribution < -0.4 is 5.73 Å². The molecule has 100 valence electrons. The highest BCUT2D eigenvalue weighted by Gasteiger charge is 2.29. The van der Waals surface area contributed by atoms with Crippen molar-refractivity contribution in [3.63, 3.8) is 0 Å². The standard InChI is InChI=1S/C11H14Cl2N2O2S/c12-10-4-3-9(6-11(10)13)18(16,17)15-5-1-2-8(14)7-15/h3-4,6,8H,1-2,5,7,14H2/t8-/m1/s1. The lowest BCUT2D eigenvalue weighted by molar-refractivity contribution is 0.316. The zero-order valence-electron chi connectivity index (χ0n) is 9.64. The minimum atomic E-state index is -3.52. The van der Waals surface area contributed by atoms with Crippen molar-refractivity contribution in [3.8, 4) is 0 Å². The van der Waals surface area contributed by atoms with E-state index in [-0.39, 0.29) is 16.0 Å². The molecule has 1 atom stereocenters. The third-order valence-electron chi connectivity index (χ3n) is 2.95. The summed E-state index contributed by atoms with van der Waals surface area (Å²) >= 11 is 11.6. The van der Waals surface area contributed by atoms with Crippen LogP contribution in [0.2, 0.25) is 10.0 Å². The highest BCUT2D eigenvalue weighted by atomic mass is 35.5. The van der Waals surface area contributed by atoms with Gasteiger partial charge in [0.25, 0.3) is 0 Å². The Morgan fingerprint density at radius 1 is 1.28 bits per heavy atom. The predicted molar refractivity (Wildman–Crippen MR) is 72.4 cm³/mol. The van der Waals surface area contributed by atoms with Gasteiger partial charge >= 0.3 is 0 Å². The van der Waals surface area contributed by atoms with Crippen molar-refractivity contribution in [2.45, 2.75) is 23.8 Å². The fourth-order valence-electron chi connectivity index (χ4n) is 1.98. The summed E-state index contributed by atoms with van der Waals surface area (Å²) < 4.78 is 26.1. The number of hydrogen-bond donors (Lipinski definition) is 1. The molecule has 2 rings (SSSR count). The van der Waals surface area contributed by atoms with Crippen LogP contribution in [0, 0.1) is 0 Å². The van der Waals surface area contributed by atoms with Crippen LogP contribution in [0.3, 0.4) is 0 Å². The maximum absolute atomic E-state index is 12.4. The molecule has 1 saturated heterocycles. The van der Waals surface area contributed by atoms with E-state index in [4.69, 9.17) is 28.9 Å². The summed E-state index contributed by atoms with van der Waals surface area (Å²) in [5, 5.41) is 0.574. The average Bonchev–Trinajstić information content (AvgIpc) is 2.32. The van der Waals surface area contributed by atoms with E-state index in [0.717, 1.165) is 12.8 Å². The van der Waals surface area contributed by atoms with Crippen LogP contribution in [0.25, 0.3) is 0 Å². The van der Waals surface area contributed by atoms with Crippen molar-refractivity contribution in [2.75, 3.05) is 13.1 Å². The molecule has 18 heavy (non-hydrogen) atoms. The zero-order chi connectivity index (χ0) is 13.3. The van der Waals surface area contributed by atoms with Gasteiger partial charge in [0.15, 0.2) is 0 Å². The topological polar surface area (TPSA) is 63.4 Å². The number of halogens is 2. The molecule has 1 fully saturated rings. The van der Waals surface area contributed by atoms with E-state index in [2.05, 4.69) is 0 Å². The summed E-state index contributed by atoms with van der Waals surface area (Å²) in [6.45, 7) is 0.846. The first-order valence-corrected chi connectivity index (χ1v) is 7.81. The summed E-state index contributed by atoms with van der Waals surface area (Å²) in [5.74, 6) is 0. The molecule has 1 aliphatic heterocycles. The molecular formula is C11H14Cl2N2O2S. The molecule has 0 amide bonds. The van der Waals surface area contributed by atoms with E-state index in [1.54, 1.807) is 0 Å². The molecule has 0 bridgehead atoms. The Morgan fingerprint density at radius 2 is 2.00 bits per heavy atom. The van der Waals surface area contributed by atoms with E-state index < -0.39 is 10.0 Å². The molecule has 7 heteroatoms. The third kappa shape index (κ3) is 2.81. The van der Waals surface area contributed by atoms with Crippen LogP contribution in [0.5, 0.6) is 0 Å². The summed E-state index contributed by atoms with van der Waals surface area (Å²) in [7, 11) is -3.52. The van der Waals surface area contributed by atoms with Crippen LogP contribution in [0.1, 0.15) is 12.8 Å². The first-order chi connectivity index (χ1) is 8.41. The highest BCUT2D eigenvalue weighted by Crippen LogP contribution is 2.27. The van der Waals surface area contributed by atoms with Crippen molar-refractivity contribution in [2.24, 2.45) is 5.73 Å². The summed E-state index contributed by atoms with van der Waals surface area (Å²) in [6, 6.07) is 4.22. The van der Waals surface area contributed by atoms with Crippen LogP contribution in [0.15, 0.2) is 23.1 Å². The second kappa shape index (κ2) is 5.35. The van der Waals surface area contributed by atoms with Crippen LogP contribution >= 0.6 is 23.2 Å². The number of nitrogens with zero attached hydrogens (tertiary/aromatic N) is 1. The predicted octanol–water partition coefficient (Wildman–Crippen LogP) is 2.11. The smallest absolute Gasteiger partial charge is 0.243 e. The number of sulfonamides is 1. The normalized spacial score (nSPS) is 22.1. The van der Waals surface area contributed by atoms with Gasteiger partial charge in [0.05, 0.1) is 14.9 Å². The minimum Gasteiger partial charge on any atom is -0.327 e. The van der Waals surface area contributed by atoms with Gasteiger partial charge < -0.3 is 5.73 Å². The van der Waals surface area contributed by atoms with Crippen molar-refractivity contribution in [3.05, 3.63) is 28.2 Å². The zero-order valence-corrected chi connectivity index (χ0v) is 12.0. The Balaban J connectivity index is 2.32. The Bertz CT molecular complexity index is 548. The highest BCUT2D eigenvalue weighted by molar-refractivity contribution is 7.89. The molecule has 0 aliphatic carbocycles. The maximum atomic E-state index is 12.4. The van der Waals surface area contributed by atoms with Gasteiger partial charge in [0.1, 0.15) is 0 Å². The monoisotopic (exact) mass is 308 g/mol. The number of rotatable bonds is 2. The van der Waals surface area contributed by atoms with Gasteiger partial charge in [0.2, 0.25) is 10.0 Å². The molecule has 1 aromatic carbocycles. The Hall–Kier alpha value is -0.330. The van der Waals surface area contributed by atoms with E-state index in [9.17, 15) is 8.42 Å². The van der Waals surface area contributed by atoms with Crippen molar-refractivity contribution >= 4 is 33.2 Å². The van der Waals surface area contributed by atoms with Gasteiger partial charge in [-0.25, -0.2) is 8.42 Å². The first kappa shape index (κ1) is 14.1. The maximum Gasteiger partial charge on any atom is 0.243 e. The number of hydrogen-bond acceptors (Lipinski definition) is 3. The van der Waals surface area contributed by atoms with Gasteiger partial charge in [-0.1, -0.05) is 23.2 Å². The summed E-state index contributed by atoms with van der Waals surface area (Å²) in [6.07, 6.45) is 1.63. The fourth-order valence-corrected chi connectivity index (χ4v) is 3.90. The first-order valence-electron chi connectivity index (χ1n) is 5.62. The third-order valence-corrected chi connectivity index (χ3v) is 5.55. The molecule has 0 spiro atoms. The molecular weight excluding hydrogens is 295 g/mol.